The highest BCUT2D eigenvalue weighted by atomic mass is 19.1. The van der Waals surface area contributed by atoms with E-state index in [1.807, 2.05) is 0 Å². The highest BCUT2D eigenvalue weighted by molar-refractivity contribution is 5.87. The van der Waals surface area contributed by atoms with E-state index in [0.717, 1.165) is 18.2 Å². The molecule has 0 radical (unpaired) electrons. The first-order valence-corrected chi connectivity index (χ1v) is 5.57. The molecule has 104 valence electrons. The summed E-state index contributed by atoms with van der Waals surface area (Å²) in [4.78, 5) is 10.6. The fraction of sp³-hybridized carbons (Fsp3) is 0.0714. The molecule has 0 aliphatic heterocycles. The van der Waals surface area contributed by atoms with Crippen LogP contribution >= 0.6 is 0 Å². The second-order valence-corrected chi connectivity index (χ2v) is 3.97. The number of ether oxygens (including phenoxy) is 1. The van der Waals surface area contributed by atoms with E-state index in [0.29, 0.717) is 6.07 Å². The van der Waals surface area contributed by atoms with Crippen LogP contribution in [-0.2, 0) is 6.61 Å². The van der Waals surface area contributed by atoms with Crippen LogP contribution in [-0.4, -0.2) is 11.1 Å². The summed E-state index contributed by atoms with van der Waals surface area (Å²) in [6.45, 7) is -0.296. The predicted octanol–water partition coefficient (Wildman–Crippen LogP) is 3.38. The first-order valence-electron chi connectivity index (χ1n) is 5.57. The van der Waals surface area contributed by atoms with Gasteiger partial charge < -0.3 is 9.84 Å². The maximum atomic E-state index is 13.5. The molecule has 0 saturated carbocycles. The number of carboxylic acids is 1. The van der Waals surface area contributed by atoms with Crippen molar-refractivity contribution in [2.45, 2.75) is 6.61 Å². The van der Waals surface area contributed by atoms with Gasteiger partial charge in [-0.3, -0.25) is 0 Å². The molecule has 1 N–H and O–H groups in total. The number of halogens is 3. The van der Waals surface area contributed by atoms with Crippen LogP contribution in [0.2, 0.25) is 0 Å². The quantitative estimate of drug-likeness (QED) is 0.935. The van der Waals surface area contributed by atoms with E-state index in [2.05, 4.69) is 0 Å². The molecule has 0 aliphatic rings. The topological polar surface area (TPSA) is 46.5 Å². The van der Waals surface area contributed by atoms with Crippen LogP contribution in [0, 0.1) is 17.5 Å². The van der Waals surface area contributed by atoms with Crippen LogP contribution < -0.4 is 4.74 Å². The van der Waals surface area contributed by atoms with Crippen molar-refractivity contribution < 1.29 is 27.8 Å². The van der Waals surface area contributed by atoms with Crippen molar-refractivity contribution in [1.29, 1.82) is 0 Å². The van der Waals surface area contributed by atoms with Crippen molar-refractivity contribution in [3.05, 3.63) is 65.0 Å². The van der Waals surface area contributed by atoms with E-state index >= 15 is 0 Å². The Labute approximate surface area is 112 Å². The summed E-state index contributed by atoms with van der Waals surface area (Å²) < 4.78 is 44.6. The van der Waals surface area contributed by atoms with E-state index in [4.69, 9.17) is 9.84 Å². The SMILES string of the molecule is O=C(O)c1ccc(OCc2ccc(F)cc2F)c(F)c1. The summed E-state index contributed by atoms with van der Waals surface area (Å²) in [6, 6.07) is 6.06. The summed E-state index contributed by atoms with van der Waals surface area (Å²) >= 11 is 0. The molecule has 0 fully saturated rings. The lowest BCUT2D eigenvalue weighted by atomic mass is 10.2. The molecule has 2 aromatic rings. The fourth-order valence-electron chi connectivity index (χ4n) is 1.55. The lowest BCUT2D eigenvalue weighted by Gasteiger charge is -2.08. The number of rotatable bonds is 4. The van der Waals surface area contributed by atoms with Crippen LogP contribution in [0.25, 0.3) is 0 Å². The summed E-state index contributed by atoms with van der Waals surface area (Å²) in [5.41, 5.74) is -0.157. The molecule has 0 bridgehead atoms. The molecule has 0 aromatic heterocycles. The highest BCUT2D eigenvalue weighted by Crippen LogP contribution is 2.20. The van der Waals surface area contributed by atoms with Gasteiger partial charge >= 0.3 is 5.97 Å². The zero-order chi connectivity index (χ0) is 14.7. The van der Waals surface area contributed by atoms with Gasteiger partial charge in [-0.25, -0.2) is 18.0 Å². The third kappa shape index (κ3) is 3.09. The maximum absolute atomic E-state index is 13.5. The number of carboxylic acid groups (broad SMARTS) is 1. The van der Waals surface area contributed by atoms with E-state index < -0.39 is 23.4 Å². The summed E-state index contributed by atoms with van der Waals surface area (Å²) in [6.07, 6.45) is 0. The van der Waals surface area contributed by atoms with E-state index in [1.165, 1.54) is 12.1 Å². The van der Waals surface area contributed by atoms with Gasteiger partial charge in [0.15, 0.2) is 11.6 Å². The highest BCUT2D eigenvalue weighted by Gasteiger charge is 2.10. The fourth-order valence-corrected chi connectivity index (χ4v) is 1.55. The second kappa shape index (κ2) is 5.64. The Morgan fingerprint density at radius 2 is 1.80 bits per heavy atom. The molecule has 0 unspecified atom stereocenters. The van der Waals surface area contributed by atoms with Crippen molar-refractivity contribution in [1.82, 2.24) is 0 Å². The zero-order valence-electron chi connectivity index (χ0n) is 10.1. The molecule has 3 nitrogen and oxygen atoms in total. The van der Waals surface area contributed by atoms with Gasteiger partial charge in [0.25, 0.3) is 0 Å². The molecule has 2 rings (SSSR count). The smallest absolute Gasteiger partial charge is 0.335 e. The normalized spacial score (nSPS) is 10.3. The number of benzene rings is 2. The largest absolute Gasteiger partial charge is 0.486 e. The number of hydrogen-bond donors (Lipinski definition) is 1. The van der Waals surface area contributed by atoms with Crippen LogP contribution in [0.5, 0.6) is 5.75 Å². The molecular weight excluding hydrogens is 273 g/mol. The van der Waals surface area contributed by atoms with Gasteiger partial charge in [-0.1, -0.05) is 0 Å². The minimum atomic E-state index is -1.26. The van der Waals surface area contributed by atoms with Crippen molar-refractivity contribution in [3.63, 3.8) is 0 Å². The van der Waals surface area contributed by atoms with Crippen molar-refractivity contribution in [2.24, 2.45) is 0 Å². The minimum Gasteiger partial charge on any atom is -0.486 e. The predicted molar refractivity (Wildman–Crippen MR) is 64.0 cm³/mol. The zero-order valence-corrected chi connectivity index (χ0v) is 10.1. The van der Waals surface area contributed by atoms with Gasteiger partial charge in [0, 0.05) is 11.6 Å². The van der Waals surface area contributed by atoms with E-state index in [-0.39, 0.29) is 23.5 Å². The minimum absolute atomic E-state index is 0.0631. The van der Waals surface area contributed by atoms with Crippen LogP contribution in [0.1, 0.15) is 15.9 Å². The summed E-state index contributed by atoms with van der Waals surface area (Å²) in [5, 5.41) is 8.68. The second-order valence-electron chi connectivity index (χ2n) is 3.97. The molecule has 0 amide bonds. The Hall–Kier alpha value is -2.50. The van der Waals surface area contributed by atoms with Crippen LogP contribution in [0.3, 0.4) is 0 Å². The van der Waals surface area contributed by atoms with Gasteiger partial charge in [0.2, 0.25) is 0 Å². The third-order valence-corrected chi connectivity index (χ3v) is 2.58. The summed E-state index contributed by atoms with van der Waals surface area (Å²) in [5.74, 6) is -3.86. The third-order valence-electron chi connectivity index (χ3n) is 2.58. The van der Waals surface area contributed by atoms with Crippen molar-refractivity contribution >= 4 is 5.97 Å². The molecule has 0 atom stereocenters. The van der Waals surface area contributed by atoms with E-state index in [1.54, 1.807) is 0 Å². The molecule has 20 heavy (non-hydrogen) atoms. The van der Waals surface area contributed by atoms with Gasteiger partial charge in [-0.2, -0.15) is 0 Å². The first-order chi connectivity index (χ1) is 9.47. The standard InChI is InChI=1S/C14H9F3O3/c15-10-3-1-9(11(16)6-10)7-20-13-4-2-8(14(18)19)5-12(13)17/h1-6H,7H2,(H,18,19). The van der Waals surface area contributed by atoms with Crippen LogP contribution in [0.4, 0.5) is 13.2 Å². The number of carbonyl (C=O) groups is 1. The Morgan fingerprint density at radius 1 is 1.05 bits per heavy atom. The molecule has 0 aliphatic carbocycles. The lowest BCUT2D eigenvalue weighted by molar-refractivity contribution is 0.0696. The molecule has 0 heterocycles. The molecule has 2 aromatic carbocycles. The maximum Gasteiger partial charge on any atom is 0.335 e. The number of hydrogen-bond acceptors (Lipinski definition) is 2. The first kappa shape index (κ1) is 13.9. The molecule has 0 spiro atoms. The van der Waals surface area contributed by atoms with Crippen LogP contribution in [0.15, 0.2) is 36.4 Å². The average Bonchev–Trinajstić information content (AvgIpc) is 2.38. The Kier molecular flexibility index (Phi) is 3.93. The van der Waals surface area contributed by atoms with Gasteiger partial charge in [0.1, 0.15) is 18.2 Å². The lowest BCUT2D eigenvalue weighted by Crippen LogP contribution is -2.02. The Morgan fingerprint density at radius 3 is 2.40 bits per heavy atom. The van der Waals surface area contributed by atoms with Gasteiger partial charge in [0.05, 0.1) is 5.56 Å². The average molecular weight is 282 g/mol. The van der Waals surface area contributed by atoms with Gasteiger partial charge in [-0.05, 0) is 30.3 Å². The summed E-state index contributed by atoms with van der Waals surface area (Å²) in [7, 11) is 0. The molecular formula is C14H9F3O3. The van der Waals surface area contributed by atoms with Gasteiger partial charge in [-0.15, -0.1) is 0 Å². The molecule has 0 saturated heterocycles. The molecule has 6 heteroatoms. The van der Waals surface area contributed by atoms with Crippen molar-refractivity contribution in [3.8, 4) is 5.75 Å². The number of aromatic carboxylic acids is 1. The van der Waals surface area contributed by atoms with E-state index in [9.17, 15) is 18.0 Å². The Bertz CT molecular complexity index is 656. The van der Waals surface area contributed by atoms with Crippen molar-refractivity contribution in [2.75, 3.05) is 0 Å². The monoisotopic (exact) mass is 282 g/mol. The Balaban J connectivity index is 2.13.